The number of rotatable bonds is 4. The van der Waals surface area contributed by atoms with Gasteiger partial charge in [0.2, 0.25) is 0 Å². The van der Waals surface area contributed by atoms with Crippen LogP contribution in [-0.2, 0) is 0 Å². The zero-order valence-electron chi connectivity index (χ0n) is 7.52. The first kappa shape index (κ1) is 9.03. The van der Waals surface area contributed by atoms with E-state index in [9.17, 15) is 0 Å². The number of nitrogens with two attached hydrogens (primary N) is 1. The molecule has 1 atom stereocenters. The van der Waals surface area contributed by atoms with Crippen LogP contribution in [0, 0.1) is 5.92 Å². The summed E-state index contributed by atoms with van der Waals surface area (Å²) in [5.74, 6) is 1.79. The van der Waals surface area contributed by atoms with Gasteiger partial charge in [0.25, 0.3) is 0 Å². The van der Waals surface area contributed by atoms with Gasteiger partial charge < -0.3 is 5.73 Å². The van der Waals surface area contributed by atoms with Crippen LogP contribution in [0.2, 0.25) is 0 Å². The Labute approximate surface area is 82.9 Å². The second kappa shape index (κ2) is 4.11. The van der Waals surface area contributed by atoms with Gasteiger partial charge in [0.05, 0.1) is 5.03 Å². The maximum atomic E-state index is 5.98. The summed E-state index contributed by atoms with van der Waals surface area (Å²) in [4.78, 5) is 4.24. The third-order valence-corrected chi connectivity index (χ3v) is 3.38. The largest absolute Gasteiger partial charge is 0.327 e. The molecule has 1 heterocycles. The van der Waals surface area contributed by atoms with Crippen molar-refractivity contribution in [2.45, 2.75) is 23.9 Å². The number of thioether (sulfide) groups is 1. The Balaban J connectivity index is 1.78. The minimum absolute atomic E-state index is 0.368. The van der Waals surface area contributed by atoms with Gasteiger partial charge in [0.1, 0.15) is 0 Å². The molecule has 0 spiro atoms. The summed E-state index contributed by atoms with van der Waals surface area (Å²) in [7, 11) is 0. The van der Waals surface area contributed by atoms with Crippen molar-refractivity contribution in [3.63, 3.8) is 0 Å². The summed E-state index contributed by atoms with van der Waals surface area (Å²) in [5, 5.41) is 1.08. The Kier molecular flexibility index (Phi) is 2.86. The molecule has 1 fully saturated rings. The molecule has 1 saturated carbocycles. The molecule has 13 heavy (non-hydrogen) atoms. The standard InChI is InChI=1S/C10H14N2S/c11-9(8-4-5-8)7-13-10-3-1-2-6-12-10/h1-3,6,8-9H,4-5,7,11H2. The van der Waals surface area contributed by atoms with Gasteiger partial charge in [-0.15, -0.1) is 11.8 Å². The van der Waals surface area contributed by atoms with Crippen LogP contribution >= 0.6 is 11.8 Å². The van der Waals surface area contributed by atoms with Gasteiger partial charge in [-0.1, -0.05) is 6.07 Å². The van der Waals surface area contributed by atoms with Gasteiger partial charge in [-0.3, -0.25) is 0 Å². The topological polar surface area (TPSA) is 38.9 Å². The van der Waals surface area contributed by atoms with Gasteiger partial charge >= 0.3 is 0 Å². The van der Waals surface area contributed by atoms with Crippen LogP contribution in [0.1, 0.15) is 12.8 Å². The van der Waals surface area contributed by atoms with Crippen LogP contribution < -0.4 is 5.73 Å². The molecular weight excluding hydrogens is 180 g/mol. The Hall–Kier alpha value is -0.540. The normalized spacial score (nSPS) is 18.5. The molecule has 1 aliphatic rings. The van der Waals surface area contributed by atoms with Crippen molar-refractivity contribution in [2.24, 2.45) is 11.7 Å². The predicted molar refractivity (Wildman–Crippen MR) is 55.7 cm³/mol. The second-order valence-electron chi connectivity index (χ2n) is 3.48. The van der Waals surface area contributed by atoms with Crippen molar-refractivity contribution < 1.29 is 0 Å². The summed E-state index contributed by atoms with van der Waals surface area (Å²) in [6.07, 6.45) is 4.47. The number of pyridine rings is 1. The number of hydrogen-bond donors (Lipinski definition) is 1. The molecule has 1 aromatic heterocycles. The Bertz CT molecular complexity index is 259. The highest BCUT2D eigenvalue weighted by Gasteiger charge is 2.28. The second-order valence-corrected chi connectivity index (χ2v) is 4.52. The van der Waals surface area contributed by atoms with Gasteiger partial charge in [-0.25, -0.2) is 4.98 Å². The number of nitrogens with zero attached hydrogens (tertiary/aromatic N) is 1. The van der Waals surface area contributed by atoms with E-state index in [4.69, 9.17) is 5.73 Å². The van der Waals surface area contributed by atoms with Crippen molar-refractivity contribution in [1.29, 1.82) is 0 Å². The van der Waals surface area contributed by atoms with E-state index in [1.165, 1.54) is 12.8 Å². The lowest BCUT2D eigenvalue weighted by molar-refractivity contribution is 0.659. The third-order valence-electron chi connectivity index (χ3n) is 2.29. The molecule has 1 unspecified atom stereocenters. The quantitative estimate of drug-likeness (QED) is 0.744. The van der Waals surface area contributed by atoms with Crippen LogP contribution in [-0.4, -0.2) is 16.8 Å². The lowest BCUT2D eigenvalue weighted by Crippen LogP contribution is -2.24. The molecule has 2 nitrogen and oxygen atoms in total. The molecule has 1 aromatic rings. The van der Waals surface area contributed by atoms with E-state index < -0.39 is 0 Å². The zero-order chi connectivity index (χ0) is 9.10. The summed E-state index contributed by atoms with van der Waals surface area (Å²) in [6.45, 7) is 0. The van der Waals surface area contributed by atoms with Crippen molar-refractivity contribution >= 4 is 11.8 Å². The first-order chi connectivity index (χ1) is 6.36. The maximum Gasteiger partial charge on any atom is 0.0960 e. The highest BCUT2D eigenvalue weighted by molar-refractivity contribution is 7.99. The summed E-state index contributed by atoms with van der Waals surface area (Å²) in [6, 6.07) is 6.35. The van der Waals surface area contributed by atoms with E-state index >= 15 is 0 Å². The molecule has 3 heteroatoms. The Morgan fingerprint density at radius 1 is 1.54 bits per heavy atom. The zero-order valence-corrected chi connectivity index (χ0v) is 8.33. The fourth-order valence-electron chi connectivity index (χ4n) is 1.27. The van der Waals surface area contributed by atoms with Crippen molar-refractivity contribution in [3.8, 4) is 0 Å². The van der Waals surface area contributed by atoms with E-state index in [1.54, 1.807) is 11.8 Å². The number of hydrogen-bond acceptors (Lipinski definition) is 3. The highest BCUT2D eigenvalue weighted by atomic mass is 32.2. The first-order valence-corrected chi connectivity index (χ1v) is 5.64. The van der Waals surface area contributed by atoms with Gasteiger partial charge in [-0.2, -0.15) is 0 Å². The Morgan fingerprint density at radius 3 is 3.00 bits per heavy atom. The van der Waals surface area contributed by atoms with E-state index in [2.05, 4.69) is 4.98 Å². The molecule has 0 aromatic carbocycles. The molecule has 2 N–H and O–H groups in total. The van der Waals surface area contributed by atoms with Crippen LogP contribution in [0.4, 0.5) is 0 Å². The third kappa shape index (κ3) is 2.71. The van der Waals surface area contributed by atoms with E-state index in [1.807, 2.05) is 24.4 Å². The maximum absolute atomic E-state index is 5.98. The molecule has 0 aliphatic heterocycles. The minimum atomic E-state index is 0.368. The Morgan fingerprint density at radius 2 is 2.38 bits per heavy atom. The highest BCUT2D eigenvalue weighted by Crippen LogP contribution is 2.33. The fourth-order valence-corrected chi connectivity index (χ4v) is 2.22. The van der Waals surface area contributed by atoms with Crippen LogP contribution in [0.15, 0.2) is 29.4 Å². The summed E-state index contributed by atoms with van der Waals surface area (Å²) in [5.41, 5.74) is 5.98. The SMILES string of the molecule is NC(CSc1ccccn1)C1CC1. The lowest BCUT2D eigenvalue weighted by atomic mass is 10.2. The average Bonchev–Trinajstić information content (AvgIpc) is 2.99. The molecule has 0 radical (unpaired) electrons. The van der Waals surface area contributed by atoms with Crippen molar-refractivity contribution in [2.75, 3.05) is 5.75 Å². The molecule has 1 aliphatic carbocycles. The van der Waals surface area contributed by atoms with Crippen LogP contribution in [0.3, 0.4) is 0 Å². The van der Waals surface area contributed by atoms with E-state index in [0.29, 0.717) is 6.04 Å². The van der Waals surface area contributed by atoms with Crippen molar-refractivity contribution in [1.82, 2.24) is 4.98 Å². The molecule has 70 valence electrons. The monoisotopic (exact) mass is 194 g/mol. The smallest absolute Gasteiger partial charge is 0.0960 e. The lowest BCUT2D eigenvalue weighted by Gasteiger charge is -2.08. The first-order valence-electron chi connectivity index (χ1n) is 4.65. The van der Waals surface area contributed by atoms with Crippen LogP contribution in [0.5, 0.6) is 0 Å². The molecular formula is C10H14N2S. The molecule has 2 rings (SSSR count). The average molecular weight is 194 g/mol. The van der Waals surface area contributed by atoms with E-state index in [-0.39, 0.29) is 0 Å². The van der Waals surface area contributed by atoms with Gasteiger partial charge in [0, 0.05) is 18.0 Å². The molecule has 0 bridgehead atoms. The van der Waals surface area contributed by atoms with Gasteiger partial charge in [0.15, 0.2) is 0 Å². The van der Waals surface area contributed by atoms with Crippen molar-refractivity contribution in [3.05, 3.63) is 24.4 Å². The molecule has 0 saturated heterocycles. The minimum Gasteiger partial charge on any atom is -0.327 e. The predicted octanol–water partition coefficient (Wildman–Crippen LogP) is 1.91. The summed E-state index contributed by atoms with van der Waals surface area (Å²) >= 11 is 1.76. The van der Waals surface area contributed by atoms with E-state index in [0.717, 1.165) is 16.7 Å². The molecule has 0 amide bonds. The van der Waals surface area contributed by atoms with Gasteiger partial charge in [-0.05, 0) is 30.9 Å². The number of aromatic nitrogens is 1. The summed E-state index contributed by atoms with van der Waals surface area (Å²) < 4.78 is 0. The fraction of sp³-hybridized carbons (Fsp3) is 0.500. The van der Waals surface area contributed by atoms with Crippen LogP contribution in [0.25, 0.3) is 0 Å².